The number of unbranched alkanes of at least 4 members (excludes halogenated alkanes) is 3. The van der Waals surface area contributed by atoms with Gasteiger partial charge in [0, 0.05) is 0 Å². The molecule has 6 rings (SSSR count). The second-order valence-corrected chi connectivity index (χ2v) is 10.9. The van der Waals surface area contributed by atoms with Gasteiger partial charge in [0.05, 0.1) is 25.9 Å². The van der Waals surface area contributed by atoms with E-state index in [1.165, 1.54) is 6.42 Å². The van der Waals surface area contributed by atoms with Crippen molar-refractivity contribution in [2.75, 3.05) is 33.0 Å². The van der Waals surface area contributed by atoms with Gasteiger partial charge in [-0.3, -0.25) is 0 Å². The highest BCUT2D eigenvalue weighted by atomic mass is 16.6. The molecule has 0 amide bonds. The molecule has 4 aromatic carbocycles. The lowest BCUT2D eigenvalue weighted by Gasteiger charge is -2.15. The van der Waals surface area contributed by atoms with E-state index in [1.807, 2.05) is 24.3 Å². The van der Waals surface area contributed by atoms with Crippen molar-refractivity contribution in [1.82, 2.24) is 0 Å². The van der Waals surface area contributed by atoms with Gasteiger partial charge in [0.2, 0.25) is 0 Å². The predicted molar refractivity (Wildman–Crippen MR) is 157 cm³/mol. The van der Waals surface area contributed by atoms with Gasteiger partial charge in [-0.1, -0.05) is 37.1 Å². The molecule has 4 aromatic rings. The van der Waals surface area contributed by atoms with Gasteiger partial charge < -0.3 is 28.4 Å². The Labute approximate surface area is 236 Å². The number of epoxide rings is 2. The molecule has 0 saturated carbocycles. The van der Waals surface area contributed by atoms with E-state index in [4.69, 9.17) is 28.4 Å². The molecule has 6 heteroatoms. The van der Waals surface area contributed by atoms with Gasteiger partial charge in [0.15, 0.2) is 0 Å². The number of ether oxygens (including phenoxy) is 6. The molecule has 6 nitrogen and oxygen atoms in total. The summed E-state index contributed by atoms with van der Waals surface area (Å²) in [5, 5.41) is 4.62. The van der Waals surface area contributed by atoms with Crippen molar-refractivity contribution in [2.24, 2.45) is 0 Å². The Morgan fingerprint density at radius 3 is 1.57 bits per heavy atom. The third-order valence-corrected chi connectivity index (χ3v) is 7.35. The van der Waals surface area contributed by atoms with Gasteiger partial charge in [-0.05, 0) is 96.3 Å². The molecule has 3 atom stereocenters. The van der Waals surface area contributed by atoms with Crippen LogP contribution >= 0.6 is 0 Å². The van der Waals surface area contributed by atoms with Gasteiger partial charge in [0.1, 0.15) is 48.4 Å². The molecular formula is C34H38O6. The van der Waals surface area contributed by atoms with Crippen LogP contribution in [0.25, 0.3) is 21.5 Å². The highest BCUT2D eigenvalue weighted by Gasteiger charge is 2.23. The SMILES string of the molecule is CC(CCCCCCOc1ccc2cc(OCC3CO3)ccc2c1)Oc1ccc2cc(OCC3CO3)ccc2c1. The van der Waals surface area contributed by atoms with Crippen LogP contribution in [0.3, 0.4) is 0 Å². The average molecular weight is 543 g/mol. The summed E-state index contributed by atoms with van der Waals surface area (Å²) < 4.78 is 34.2. The van der Waals surface area contributed by atoms with E-state index in [2.05, 4.69) is 55.5 Å². The molecule has 2 saturated heterocycles. The standard InChI is InChI=1S/C34H38O6/c1-24(40-32-14-10-27-18-31(13-9-28(27)19-32)37-21-34-23-39-34)6-4-2-3-5-15-35-29-11-7-26-17-30(12-8-25(26)16-29)36-20-33-22-38-33/h7-14,16-19,24,33-34H,2-6,15,20-23H2,1H3. The Morgan fingerprint density at radius 2 is 1.05 bits per heavy atom. The Bertz CT molecular complexity index is 1410. The van der Waals surface area contributed by atoms with Crippen LogP contribution in [-0.4, -0.2) is 51.3 Å². The van der Waals surface area contributed by atoms with Crippen LogP contribution in [0.1, 0.15) is 39.0 Å². The van der Waals surface area contributed by atoms with Crippen LogP contribution in [0.5, 0.6) is 23.0 Å². The van der Waals surface area contributed by atoms with Gasteiger partial charge in [-0.25, -0.2) is 0 Å². The first-order chi connectivity index (χ1) is 19.7. The maximum atomic E-state index is 6.21. The molecule has 0 bridgehead atoms. The highest BCUT2D eigenvalue weighted by molar-refractivity contribution is 5.86. The summed E-state index contributed by atoms with van der Waals surface area (Å²) in [5.74, 6) is 3.60. The molecule has 0 aliphatic carbocycles. The first-order valence-corrected chi connectivity index (χ1v) is 14.5. The summed E-state index contributed by atoms with van der Waals surface area (Å²) in [6, 6.07) is 24.9. The van der Waals surface area contributed by atoms with E-state index in [0.29, 0.717) is 13.2 Å². The van der Waals surface area contributed by atoms with Crippen LogP contribution in [0.4, 0.5) is 0 Å². The zero-order valence-electron chi connectivity index (χ0n) is 23.2. The van der Waals surface area contributed by atoms with E-state index >= 15 is 0 Å². The van der Waals surface area contributed by atoms with E-state index in [0.717, 1.165) is 90.0 Å². The predicted octanol–water partition coefficient (Wildman–Crippen LogP) is 7.35. The second-order valence-electron chi connectivity index (χ2n) is 10.9. The fraction of sp³-hybridized carbons (Fsp3) is 0.412. The molecule has 2 fully saturated rings. The van der Waals surface area contributed by atoms with Gasteiger partial charge in [0.25, 0.3) is 0 Å². The smallest absolute Gasteiger partial charge is 0.120 e. The maximum Gasteiger partial charge on any atom is 0.120 e. The normalized spacial score (nSPS) is 18.4. The average Bonchev–Trinajstić information content (AvgIpc) is 3.90. The van der Waals surface area contributed by atoms with Crippen molar-refractivity contribution in [3.05, 3.63) is 72.8 Å². The largest absolute Gasteiger partial charge is 0.494 e. The quantitative estimate of drug-likeness (QED) is 0.109. The lowest BCUT2D eigenvalue weighted by molar-refractivity contribution is 0.206. The zero-order valence-corrected chi connectivity index (χ0v) is 23.2. The monoisotopic (exact) mass is 542 g/mol. The van der Waals surface area contributed by atoms with E-state index < -0.39 is 0 Å². The van der Waals surface area contributed by atoms with Crippen LogP contribution in [0.2, 0.25) is 0 Å². The van der Waals surface area contributed by atoms with Crippen LogP contribution in [-0.2, 0) is 9.47 Å². The molecule has 0 spiro atoms. The van der Waals surface area contributed by atoms with Gasteiger partial charge in [-0.15, -0.1) is 0 Å². The molecule has 2 aliphatic heterocycles. The maximum absolute atomic E-state index is 6.21. The van der Waals surface area contributed by atoms with Crippen molar-refractivity contribution >= 4 is 21.5 Å². The first-order valence-electron chi connectivity index (χ1n) is 14.5. The first kappa shape index (κ1) is 26.7. The number of hydrogen-bond donors (Lipinski definition) is 0. The Hall–Kier alpha value is -3.48. The topological polar surface area (TPSA) is 62.0 Å². The van der Waals surface area contributed by atoms with Crippen molar-refractivity contribution < 1.29 is 28.4 Å². The summed E-state index contributed by atoms with van der Waals surface area (Å²) in [7, 11) is 0. The van der Waals surface area contributed by atoms with E-state index in [9.17, 15) is 0 Å². The van der Waals surface area contributed by atoms with Crippen molar-refractivity contribution in [1.29, 1.82) is 0 Å². The Kier molecular flexibility index (Phi) is 8.55. The lowest BCUT2D eigenvalue weighted by atomic mass is 10.1. The number of hydrogen-bond acceptors (Lipinski definition) is 6. The van der Waals surface area contributed by atoms with Gasteiger partial charge >= 0.3 is 0 Å². The third kappa shape index (κ3) is 7.80. The Balaban J connectivity index is 0.863. The molecule has 0 aromatic heterocycles. The second kappa shape index (κ2) is 12.8. The lowest BCUT2D eigenvalue weighted by Crippen LogP contribution is -2.11. The molecule has 0 radical (unpaired) electrons. The molecule has 40 heavy (non-hydrogen) atoms. The third-order valence-electron chi connectivity index (χ3n) is 7.35. The molecule has 0 N–H and O–H groups in total. The van der Waals surface area contributed by atoms with E-state index in [-0.39, 0.29) is 18.3 Å². The number of benzene rings is 4. The summed E-state index contributed by atoms with van der Waals surface area (Å²) in [6.07, 6.45) is 6.27. The molecule has 2 heterocycles. The highest BCUT2D eigenvalue weighted by Crippen LogP contribution is 2.28. The van der Waals surface area contributed by atoms with Crippen LogP contribution in [0.15, 0.2) is 72.8 Å². The zero-order chi connectivity index (χ0) is 27.1. The molecule has 2 aliphatic rings. The summed E-state index contributed by atoms with van der Waals surface area (Å²) in [4.78, 5) is 0. The summed E-state index contributed by atoms with van der Waals surface area (Å²) >= 11 is 0. The van der Waals surface area contributed by atoms with Crippen molar-refractivity contribution in [3.63, 3.8) is 0 Å². The van der Waals surface area contributed by atoms with Gasteiger partial charge in [-0.2, -0.15) is 0 Å². The Morgan fingerprint density at radius 1 is 0.600 bits per heavy atom. The van der Waals surface area contributed by atoms with Crippen LogP contribution < -0.4 is 18.9 Å². The van der Waals surface area contributed by atoms with Crippen LogP contribution in [0, 0.1) is 0 Å². The minimum absolute atomic E-state index is 0.181. The fourth-order valence-corrected chi connectivity index (χ4v) is 4.82. The summed E-state index contributed by atoms with van der Waals surface area (Å²) in [6.45, 7) is 5.75. The van der Waals surface area contributed by atoms with Crippen molar-refractivity contribution in [3.8, 4) is 23.0 Å². The molecular weight excluding hydrogens is 504 g/mol. The number of rotatable bonds is 16. The number of fused-ring (bicyclic) bond motifs is 2. The van der Waals surface area contributed by atoms with Crippen molar-refractivity contribution in [2.45, 2.75) is 57.3 Å². The molecule has 210 valence electrons. The fourth-order valence-electron chi connectivity index (χ4n) is 4.82. The minimum atomic E-state index is 0.181. The minimum Gasteiger partial charge on any atom is -0.494 e. The molecule has 3 unspecified atom stereocenters. The summed E-state index contributed by atoms with van der Waals surface area (Å²) in [5.41, 5.74) is 0. The van der Waals surface area contributed by atoms with E-state index in [1.54, 1.807) is 0 Å².